The Kier molecular flexibility index (Phi) is 6.25. The van der Waals surface area contributed by atoms with Crippen LogP contribution in [-0.2, 0) is 17.9 Å². The van der Waals surface area contributed by atoms with Crippen molar-refractivity contribution in [2.24, 2.45) is 0 Å². The molecule has 0 aliphatic carbocycles. The highest BCUT2D eigenvalue weighted by atomic mass is 16.3. The first kappa shape index (κ1) is 17.7. The number of likely N-dealkylation sites (N-methyl/N-ethyl adjacent to an activating group) is 1. The molecule has 5 nitrogen and oxygen atoms in total. The number of carbonyl (C=O) groups excluding carboxylic acids is 1. The van der Waals surface area contributed by atoms with E-state index in [0.717, 1.165) is 38.2 Å². The lowest BCUT2D eigenvalue weighted by atomic mass is 10.0. The third-order valence-corrected chi connectivity index (χ3v) is 4.62. The van der Waals surface area contributed by atoms with Gasteiger partial charge in [0.05, 0.1) is 19.4 Å². The van der Waals surface area contributed by atoms with Crippen LogP contribution in [0.15, 0.2) is 53.1 Å². The molecule has 0 spiro atoms. The lowest BCUT2D eigenvalue weighted by Gasteiger charge is -2.32. The minimum absolute atomic E-state index is 0.0931. The summed E-state index contributed by atoms with van der Waals surface area (Å²) >= 11 is 0. The van der Waals surface area contributed by atoms with Gasteiger partial charge >= 0.3 is 0 Å². The topological polar surface area (TPSA) is 48.7 Å². The van der Waals surface area contributed by atoms with Gasteiger partial charge in [-0.05, 0) is 37.6 Å². The van der Waals surface area contributed by atoms with Gasteiger partial charge in [-0.3, -0.25) is 14.6 Å². The van der Waals surface area contributed by atoms with Gasteiger partial charge in [-0.1, -0.05) is 30.3 Å². The van der Waals surface area contributed by atoms with Crippen molar-refractivity contribution in [1.29, 1.82) is 0 Å². The number of nitrogens with zero attached hydrogens (tertiary/aromatic N) is 2. The number of likely N-dealkylation sites (tertiary alicyclic amines) is 1. The van der Waals surface area contributed by atoms with E-state index in [0.29, 0.717) is 13.1 Å². The summed E-state index contributed by atoms with van der Waals surface area (Å²) in [4.78, 5) is 16.7. The zero-order valence-electron chi connectivity index (χ0n) is 14.9. The monoisotopic (exact) mass is 341 g/mol. The van der Waals surface area contributed by atoms with E-state index < -0.39 is 0 Å². The first-order chi connectivity index (χ1) is 12.2. The maximum Gasteiger partial charge on any atom is 0.234 e. The Hall–Kier alpha value is -2.11. The zero-order chi connectivity index (χ0) is 17.5. The average molecular weight is 341 g/mol. The molecule has 3 rings (SSSR count). The predicted molar refractivity (Wildman–Crippen MR) is 97.9 cm³/mol. The predicted octanol–water partition coefficient (Wildman–Crippen LogP) is 2.49. The number of amides is 1. The maximum absolute atomic E-state index is 12.2. The lowest BCUT2D eigenvalue weighted by molar-refractivity contribution is -0.123. The molecule has 2 aromatic rings. The van der Waals surface area contributed by atoms with Crippen LogP contribution in [0.5, 0.6) is 0 Å². The third-order valence-electron chi connectivity index (χ3n) is 4.62. The summed E-state index contributed by atoms with van der Waals surface area (Å²) in [7, 11) is 1.94. The summed E-state index contributed by atoms with van der Waals surface area (Å²) in [6.07, 6.45) is 3.69. The zero-order valence-corrected chi connectivity index (χ0v) is 14.9. The fourth-order valence-corrected chi connectivity index (χ4v) is 3.32. The highest BCUT2D eigenvalue weighted by Gasteiger charge is 2.21. The molecule has 2 heterocycles. The SMILES string of the molecule is CN(CC(=O)NC1CCN(Cc2ccccc2)CC1)Cc1ccco1. The second kappa shape index (κ2) is 8.83. The Bertz CT molecular complexity index is 634. The smallest absolute Gasteiger partial charge is 0.234 e. The number of rotatable bonds is 7. The van der Waals surface area contributed by atoms with Crippen molar-refractivity contribution in [3.05, 3.63) is 60.1 Å². The van der Waals surface area contributed by atoms with Gasteiger partial charge < -0.3 is 9.73 Å². The van der Waals surface area contributed by atoms with Crippen molar-refractivity contribution in [3.63, 3.8) is 0 Å². The Morgan fingerprint density at radius 2 is 1.96 bits per heavy atom. The molecule has 25 heavy (non-hydrogen) atoms. The minimum atomic E-state index is 0.0931. The highest BCUT2D eigenvalue weighted by Crippen LogP contribution is 2.14. The van der Waals surface area contributed by atoms with Gasteiger partial charge in [-0.25, -0.2) is 0 Å². The summed E-state index contributed by atoms with van der Waals surface area (Å²) in [5, 5.41) is 3.18. The first-order valence-corrected chi connectivity index (χ1v) is 8.95. The van der Waals surface area contributed by atoms with E-state index in [9.17, 15) is 4.79 Å². The van der Waals surface area contributed by atoms with Crippen LogP contribution in [0, 0.1) is 0 Å². The lowest BCUT2D eigenvalue weighted by Crippen LogP contribution is -2.46. The summed E-state index contributed by atoms with van der Waals surface area (Å²) in [6.45, 7) is 4.10. The molecule has 1 saturated heterocycles. The number of benzene rings is 1. The van der Waals surface area contributed by atoms with Gasteiger partial charge in [0.2, 0.25) is 5.91 Å². The van der Waals surface area contributed by atoms with Gasteiger partial charge in [-0.15, -0.1) is 0 Å². The summed E-state index contributed by atoms with van der Waals surface area (Å²) < 4.78 is 5.32. The van der Waals surface area contributed by atoms with Gasteiger partial charge in [-0.2, -0.15) is 0 Å². The van der Waals surface area contributed by atoms with E-state index in [2.05, 4.69) is 34.5 Å². The van der Waals surface area contributed by atoms with Crippen molar-refractivity contribution in [2.45, 2.75) is 32.0 Å². The Morgan fingerprint density at radius 3 is 2.64 bits per heavy atom. The van der Waals surface area contributed by atoms with Crippen LogP contribution in [0.4, 0.5) is 0 Å². The van der Waals surface area contributed by atoms with Gasteiger partial charge in [0.1, 0.15) is 5.76 Å². The fourth-order valence-electron chi connectivity index (χ4n) is 3.32. The molecule has 1 fully saturated rings. The molecular weight excluding hydrogens is 314 g/mol. The molecule has 1 aromatic heterocycles. The average Bonchev–Trinajstić information content (AvgIpc) is 3.10. The number of nitrogens with one attached hydrogen (secondary N) is 1. The van der Waals surface area contributed by atoms with Crippen molar-refractivity contribution < 1.29 is 9.21 Å². The molecule has 0 bridgehead atoms. The summed E-state index contributed by atoms with van der Waals surface area (Å²) in [5.41, 5.74) is 1.35. The van der Waals surface area contributed by atoms with Crippen LogP contribution in [0.25, 0.3) is 0 Å². The summed E-state index contributed by atoms with van der Waals surface area (Å²) in [5.74, 6) is 0.972. The number of piperidine rings is 1. The minimum Gasteiger partial charge on any atom is -0.468 e. The second-order valence-electron chi connectivity index (χ2n) is 6.86. The van der Waals surface area contributed by atoms with E-state index in [4.69, 9.17) is 4.42 Å². The highest BCUT2D eigenvalue weighted by molar-refractivity contribution is 5.78. The molecule has 1 N–H and O–H groups in total. The van der Waals surface area contributed by atoms with Crippen molar-refractivity contribution >= 4 is 5.91 Å². The van der Waals surface area contributed by atoms with E-state index in [-0.39, 0.29) is 11.9 Å². The molecule has 1 aromatic carbocycles. The largest absolute Gasteiger partial charge is 0.468 e. The molecule has 134 valence electrons. The van der Waals surface area contributed by atoms with E-state index in [1.54, 1.807) is 6.26 Å². The first-order valence-electron chi connectivity index (χ1n) is 8.95. The van der Waals surface area contributed by atoms with Crippen LogP contribution in [0.1, 0.15) is 24.2 Å². The second-order valence-corrected chi connectivity index (χ2v) is 6.86. The van der Waals surface area contributed by atoms with Gasteiger partial charge in [0, 0.05) is 25.7 Å². The van der Waals surface area contributed by atoms with Crippen molar-refractivity contribution in [2.75, 3.05) is 26.7 Å². The van der Waals surface area contributed by atoms with E-state index >= 15 is 0 Å². The van der Waals surface area contributed by atoms with Crippen LogP contribution in [0.3, 0.4) is 0 Å². The molecule has 0 unspecified atom stereocenters. The third kappa shape index (κ3) is 5.73. The quantitative estimate of drug-likeness (QED) is 0.841. The van der Waals surface area contributed by atoms with Gasteiger partial charge in [0.15, 0.2) is 0 Å². The van der Waals surface area contributed by atoms with Crippen LogP contribution in [-0.4, -0.2) is 48.4 Å². The molecule has 1 aliphatic heterocycles. The molecule has 5 heteroatoms. The standard InChI is InChI=1S/C20H27N3O2/c1-22(15-19-8-5-13-25-19)16-20(24)21-18-9-11-23(12-10-18)14-17-6-3-2-4-7-17/h2-8,13,18H,9-12,14-16H2,1H3,(H,21,24). The molecule has 1 amide bonds. The van der Waals surface area contributed by atoms with Crippen LogP contribution in [0.2, 0.25) is 0 Å². The Labute approximate surface area is 149 Å². The molecule has 0 saturated carbocycles. The number of furan rings is 1. The maximum atomic E-state index is 12.2. The summed E-state index contributed by atoms with van der Waals surface area (Å²) in [6, 6.07) is 14.6. The van der Waals surface area contributed by atoms with Crippen LogP contribution < -0.4 is 5.32 Å². The molecule has 0 radical (unpaired) electrons. The van der Waals surface area contributed by atoms with Crippen molar-refractivity contribution in [1.82, 2.24) is 15.1 Å². The fraction of sp³-hybridized carbons (Fsp3) is 0.450. The molecular formula is C20H27N3O2. The Morgan fingerprint density at radius 1 is 1.20 bits per heavy atom. The normalized spacial score (nSPS) is 16.2. The molecule has 1 aliphatic rings. The number of hydrogen-bond acceptors (Lipinski definition) is 4. The Balaban J connectivity index is 1.36. The van der Waals surface area contributed by atoms with E-state index in [1.165, 1.54) is 5.56 Å². The number of carbonyl (C=O) groups is 1. The number of hydrogen-bond donors (Lipinski definition) is 1. The van der Waals surface area contributed by atoms with Gasteiger partial charge in [0.25, 0.3) is 0 Å². The van der Waals surface area contributed by atoms with Crippen LogP contribution >= 0.6 is 0 Å². The van der Waals surface area contributed by atoms with Crippen molar-refractivity contribution in [3.8, 4) is 0 Å². The van der Waals surface area contributed by atoms with E-state index in [1.807, 2.05) is 30.1 Å². The molecule has 0 atom stereocenters.